The molecule has 0 aromatic heterocycles. The zero-order chi connectivity index (χ0) is 10.9. The molecule has 6 heteroatoms. The van der Waals surface area contributed by atoms with E-state index in [2.05, 4.69) is 0 Å². The molecule has 0 spiro atoms. The minimum absolute atomic E-state index is 0.161. The number of halogens is 5. The van der Waals surface area contributed by atoms with E-state index in [0.29, 0.717) is 0 Å². The van der Waals surface area contributed by atoms with Crippen LogP contribution >= 0.6 is 0 Å². The largest absolute Gasteiger partial charge is 0.397 e. The minimum atomic E-state index is -5.04. The lowest BCUT2D eigenvalue weighted by Gasteiger charge is -2.24. The Balaban J connectivity index is 4.68. The maximum atomic E-state index is 12.4. The summed E-state index contributed by atoms with van der Waals surface area (Å²) in [5, 5.41) is 0. The van der Waals surface area contributed by atoms with Crippen molar-refractivity contribution in [2.75, 3.05) is 0 Å². The van der Waals surface area contributed by atoms with Crippen LogP contribution in [-0.2, 0) is 4.79 Å². The quantitative estimate of drug-likeness (QED) is 0.646. The molecule has 0 radical (unpaired) electrons. The normalized spacial score (nSPS) is 15.6. The highest BCUT2D eigenvalue weighted by atomic mass is 19.4. The molecule has 0 bridgehead atoms. The monoisotopic (exact) mass is 204 g/mol. The summed E-state index contributed by atoms with van der Waals surface area (Å²) in [5.41, 5.74) is 0. The van der Waals surface area contributed by atoms with E-state index >= 15 is 0 Å². The molecule has 0 aliphatic heterocycles. The zero-order valence-corrected chi connectivity index (χ0v) is 7.08. The molecule has 0 saturated heterocycles. The number of rotatable bonds is 3. The molecule has 13 heavy (non-hydrogen) atoms. The van der Waals surface area contributed by atoms with Crippen molar-refractivity contribution < 1.29 is 26.7 Å². The van der Waals surface area contributed by atoms with E-state index in [9.17, 15) is 26.7 Å². The predicted octanol–water partition coefficient (Wildman–Crippen LogP) is 2.80. The highest BCUT2D eigenvalue weighted by molar-refractivity contribution is 5.75. The molecule has 1 atom stereocenters. The van der Waals surface area contributed by atoms with Crippen LogP contribution in [0.5, 0.6) is 0 Å². The topological polar surface area (TPSA) is 17.1 Å². The van der Waals surface area contributed by atoms with Crippen LogP contribution in [0.25, 0.3) is 0 Å². The Kier molecular flexibility index (Phi) is 3.40. The molecule has 1 nitrogen and oxygen atoms in total. The summed E-state index contributed by atoms with van der Waals surface area (Å²) in [6.07, 6.45) is -6.21. The van der Waals surface area contributed by atoms with Gasteiger partial charge in [-0.1, -0.05) is 0 Å². The second-order valence-electron chi connectivity index (χ2n) is 2.96. The highest BCUT2D eigenvalue weighted by Crippen LogP contribution is 2.40. The average Bonchev–Trinajstić information content (AvgIpc) is 1.77. The van der Waals surface area contributed by atoms with Crippen molar-refractivity contribution in [3.8, 4) is 0 Å². The lowest BCUT2D eigenvalue weighted by Crippen LogP contribution is -2.38. The van der Waals surface area contributed by atoms with Gasteiger partial charge in [-0.05, 0) is 13.8 Å². The van der Waals surface area contributed by atoms with Crippen LogP contribution in [0.1, 0.15) is 20.3 Å². The maximum Gasteiger partial charge on any atom is 0.397 e. The summed E-state index contributed by atoms with van der Waals surface area (Å²) in [4.78, 5) is 10.3. The summed E-state index contributed by atoms with van der Waals surface area (Å²) in [7, 11) is 0. The van der Waals surface area contributed by atoms with Crippen LogP contribution in [0, 0.1) is 5.92 Å². The van der Waals surface area contributed by atoms with Crippen molar-refractivity contribution in [3.63, 3.8) is 0 Å². The van der Waals surface area contributed by atoms with E-state index < -0.39 is 30.2 Å². The maximum absolute atomic E-state index is 12.4. The van der Waals surface area contributed by atoms with Crippen molar-refractivity contribution in [1.82, 2.24) is 0 Å². The number of carbonyl (C=O) groups excluding carboxylic acids is 1. The van der Waals surface area contributed by atoms with Gasteiger partial charge in [0.25, 0.3) is 5.92 Å². The van der Waals surface area contributed by atoms with Crippen LogP contribution < -0.4 is 0 Å². The van der Waals surface area contributed by atoms with Gasteiger partial charge in [0.05, 0.1) is 0 Å². The van der Waals surface area contributed by atoms with Crippen molar-refractivity contribution in [2.24, 2.45) is 5.92 Å². The van der Waals surface area contributed by atoms with Gasteiger partial charge in [-0.15, -0.1) is 0 Å². The van der Waals surface area contributed by atoms with Gasteiger partial charge in [-0.25, -0.2) is 8.78 Å². The van der Waals surface area contributed by atoms with Crippen LogP contribution in [0.4, 0.5) is 22.0 Å². The van der Waals surface area contributed by atoms with E-state index in [0.717, 1.165) is 6.92 Å². The number of carbonyl (C=O) groups is 1. The Labute approximate surface area is 71.9 Å². The Bertz CT molecular complexity index is 176. The van der Waals surface area contributed by atoms with Crippen molar-refractivity contribution >= 4 is 5.78 Å². The SMILES string of the molecule is CC(=O)CC(C(C)(F)F)C(F)(F)F. The minimum Gasteiger partial charge on any atom is -0.300 e. The van der Waals surface area contributed by atoms with Gasteiger partial charge in [0, 0.05) is 6.42 Å². The molecule has 0 aromatic rings. The summed E-state index contributed by atoms with van der Waals surface area (Å²) in [5.74, 6) is -7.69. The number of hydrogen-bond donors (Lipinski definition) is 0. The average molecular weight is 204 g/mol. The second kappa shape index (κ2) is 3.59. The molecule has 0 aliphatic rings. The summed E-state index contributed by atoms with van der Waals surface area (Å²) in [6, 6.07) is 0. The third-order valence-electron chi connectivity index (χ3n) is 1.50. The third-order valence-corrected chi connectivity index (χ3v) is 1.50. The van der Waals surface area contributed by atoms with Crippen molar-refractivity contribution in [3.05, 3.63) is 0 Å². The molecule has 0 fully saturated rings. The first kappa shape index (κ1) is 12.3. The smallest absolute Gasteiger partial charge is 0.300 e. The summed E-state index contributed by atoms with van der Waals surface area (Å²) < 4.78 is 60.6. The predicted molar refractivity (Wildman–Crippen MR) is 35.5 cm³/mol. The molecule has 1 unspecified atom stereocenters. The van der Waals surface area contributed by atoms with E-state index in [4.69, 9.17) is 0 Å². The third kappa shape index (κ3) is 4.19. The van der Waals surface area contributed by atoms with Crippen LogP contribution in [0.15, 0.2) is 0 Å². The van der Waals surface area contributed by atoms with E-state index in [1.54, 1.807) is 0 Å². The van der Waals surface area contributed by atoms with Gasteiger partial charge in [0.15, 0.2) is 0 Å². The van der Waals surface area contributed by atoms with Crippen LogP contribution in [0.2, 0.25) is 0 Å². The fraction of sp³-hybridized carbons (Fsp3) is 0.857. The molecule has 78 valence electrons. The number of alkyl halides is 5. The van der Waals surface area contributed by atoms with Crippen LogP contribution in [0.3, 0.4) is 0 Å². The number of ketones is 1. The fourth-order valence-electron chi connectivity index (χ4n) is 0.870. The molecule has 0 aliphatic carbocycles. The molecule has 0 heterocycles. The first-order chi connectivity index (χ1) is 5.55. The van der Waals surface area contributed by atoms with Gasteiger partial charge in [0.2, 0.25) is 0 Å². The molecule has 0 N–H and O–H groups in total. The first-order valence-electron chi connectivity index (χ1n) is 3.49. The standard InChI is InChI=1S/C7H9F5O/c1-4(13)3-5(6(2,8)9)7(10,11)12/h5H,3H2,1-2H3. The van der Waals surface area contributed by atoms with E-state index in [1.807, 2.05) is 0 Å². The van der Waals surface area contributed by atoms with Gasteiger partial charge in [0.1, 0.15) is 11.7 Å². The molecule has 0 amide bonds. The van der Waals surface area contributed by atoms with Gasteiger partial charge < -0.3 is 4.79 Å². The first-order valence-corrected chi connectivity index (χ1v) is 3.49. The molecular weight excluding hydrogens is 195 g/mol. The van der Waals surface area contributed by atoms with Gasteiger partial charge in [-0.2, -0.15) is 13.2 Å². The number of hydrogen-bond acceptors (Lipinski definition) is 1. The Morgan fingerprint density at radius 1 is 1.23 bits per heavy atom. The van der Waals surface area contributed by atoms with E-state index in [1.165, 1.54) is 0 Å². The molecule has 0 aromatic carbocycles. The zero-order valence-electron chi connectivity index (χ0n) is 7.08. The van der Waals surface area contributed by atoms with Crippen molar-refractivity contribution in [2.45, 2.75) is 32.4 Å². The lowest BCUT2D eigenvalue weighted by molar-refractivity contribution is -0.235. The second-order valence-corrected chi connectivity index (χ2v) is 2.96. The van der Waals surface area contributed by atoms with Crippen LogP contribution in [-0.4, -0.2) is 17.9 Å². The number of Topliss-reactive ketones (excluding diaryl/α,β-unsaturated/α-hetero) is 1. The fourth-order valence-corrected chi connectivity index (χ4v) is 0.870. The van der Waals surface area contributed by atoms with Gasteiger partial charge >= 0.3 is 6.18 Å². The molecule has 0 saturated carbocycles. The highest BCUT2D eigenvalue weighted by Gasteiger charge is 2.52. The Morgan fingerprint density at radius 3 is 1.69 bits per heavy atom. The Hall–Kier alpha value is -0.680. The van der Waals surface area contributed by atoms with Gasteiger partial charge in [-0.3, -0.25) is 0 Å². The molecular formula is C7H9F5O. The summed E-state index contributed by atoms with van der Waals surface area (Å²) in [6.45, 7) is 1.01. The molecule has 0 rings (SSSR count). The Morgan fingerprint density at radius 2 is 1.62 bits per heavy atom. The lowest BCUT2D eigenvalue weighted by atomic mass is 9.96. The van der Waals surface area contributed by atoms with Crippen molar-refractivity contribution in [1.29, 1.82) is 0 Å². The summed E-state index contributed by atoms with van der Waals surface area (Å²) >= 11 is 0. The van der Waals surface area contributed by atoms with E-state index in [-0.39, 0.29) is 6.92 Å².